The summed E-state index contributed by atoms with van der Waals surface area (Å²) >= 11 is 0. The second-order valence-corrected chi connectivity index (χ2v) is 28.1. The van der Waals surface area contributed by atoms with E-state index in [1.54, 1.807) is 30.5 Å². The lowest BCUT2D eigenvalue weighted by molar-refractivity contribution is -0.571. The van der Waals surface area contributed by atoms with E-state index in [-0.39, 0.29) is 27.9 Å². The van der Waals surface area contributed by atoms with Crippen LogP contribution in [0.4, 0.5) is 0 Å². The molecule has 2 aliphatic rings. The predicted molar refractivity (Wildman–Crippen MR) is 386 cm³/mol. The maximum atomic E-state index is 10.6. The second-order valence-electron chi connectivity index (χ2n) is 24.3. The van der Waals surface area contributed by atoms with Crippen LogP contribution in [0.3, 0.4) is 0 Å². The Morgan fingerprint density at radius 1 is 0.522 bits per heavy atom. The van der Waals surface area contributed by atoms with Crippen LogP contribution in [0.2, 0.25) is 0 Å². The van der Waals surface area contributed by atoms with E-state index in [0.29, 0.717) is 17.1 Å². The normalized spacial score (nSPS) is 25.1. The first kappa shape index (κ1) is 30.4. The predicted octanol–water partition coefficient (Wildman–Crippen LogP) is 18.7. The highest BCUT2D eigenvalue weighted by Gasteiger charge is 2.45. The molecule has 0 fully saturated rings. The van der Waals surface area contributed by atoms with Crippen LogP contribution in [0.5, 0.6) is 11.5 Å². The van der Waals surface area contributed by atoms with Crippen molar-refractivity contribution in [3.8, 4) is 50.9 Å². The van der Waals surface area contributed by atoms with E-state index in [0.717, 1.165) is 65.4 Å². The van der Waals surface area contributed by atoms with Crippen molar-refractivity contribution in [1.29, 1.82) is 0 Å². The molecule has 15 rings (SSSR count). The quantitative estimate of drug-likeness (QED) is 0.0560. The fourth-order valence-corrected chi connectivity index (χ4v) is 17.8. The third kappa shape index (κ3) is 9.78. The molecule has 0 atom stereocenters. The first-order valence-electron chi connectivity index (χ1n) is 48.7. The molecule has 13 aromatic rings. The highest BCUT2D eigenvalue weighted by Crippen LogP contribution is 2.50. The number of ether oxygens (including phenoxy) is 1. The standard InChI is InChI=1S/C86H82N4OSi/c1-82(2,3)60-45-50-87-80(53-60)90-74-38-22-21-35-68(74)69-55-79(92(63-29-15-12-16-30-63,64-31-17-13-18-32-64)65-33-19-14-20-34-65)78(56-77(69)90)91-62-28-25-27-61(54-62)88-57-89(76-40-24-23-39-75(76)88)81-66(58-41-43-70-72(51-58)85(8,9)48-46-83(70,4)5)36-26-37-67(81)59-42-44-71-73(52-59)86(10,11)49-47-84(71,6)7/h12-45,50-56H,46-49H2,1-11H3/i4D3,5D3,6D3,7D3,8D3,9D3,10D3,11D3,41D,42D,43D,44D,46D2,47D2,48D2,49D2,51D,52D. The molecule has 92 heavy (non-hydrogen) atoms. The minimum atomic E-state index is -4.87. The van der Waals surface area contributed by atoms with Gasteiger partial charge < -0.3 is 4.74 Å². The summed E-state index contributed by atoms with van der Waals surface area (Å²) in [5.74, 6) is 1.01. The summed E-state index contributed by atoms with van der Waals surface area (Å²) in [5.41, 5.74) is -29.7. The Kier molecular flexibility index (Phi) is 7.24. The Morgan fingerprint density at radius 3 is 1.61 bits per heavy atom. The number of para-hydroxylation sites is 4. The van der Waals surface area contributed by atoms with Crippen molar-refractivity contribution in [2.75, 3.05) is 0 Å². The molecule has 0 aliphatic heterocycles. The Hall–Kier alpha value is -9.36. The van der Waals surface area contributed by atoms with Crippen molar-refractivity contribution in [2.24, 2.45) is 0 Å². The molecule has 2 aliphatic carbocycles. The zero-order valence-corrected chi connectivity index (χ0v) is 50.9. The average molecular weight is 1250 g/mol. The Labute approximate surface area is 598 Å². The van der Waals surface area contributed by atoms with Crippen molar-refractivity contribution in [3.63, 3.8) is 0 Å². The number of hydrogen-bond donors (Lipinski definition) is 0. The molecule has 3 aromatic heterocycles. The first-order valence-corrected chi connectivity index (χ1v) is 31.7. The van der Waals surface area contributed by atoms with Gasteiger partial charge in [0.2, 0.25) is 0 Å². The lowest BCUT2D eigenvalue weighted by Gasteiger charge is -2.42. The SMILES string of the molecule is [2H]c1c([2H])c2c(c([2H])c1-c1cccc(-c3c([2H])c([2H])c4c(c3[2H])C(C([2H])([2H])[2H])(C([2H])([2H])[2H])C([2H])([2H])C([2H])([2H])C4(C([2H])([2H])[2H])C([2H])([2H])[2H])c1-[n+]1[c-]n(-c3cccc(Oc4cc5c(cc4[Si](c4ccccc4)(c4ccccc4)c4ccccc4)c4ccccc4n5-c4cc(C(C)(C)C)ccn4)c3)c3ccccc31)C(C([2H])([2H])[2H])(C([2H])([2H])[2H])C([2H])([2H])C([2H])([2H])C2(C([2H])([2H])[2H])C([2H])([2H])[2H]. The maximum absolute atomic E-state index is 10.6. The van der Waals surface area contributed by atoms with Gasteiger partial charge in [0, 0.05) is 66.9 Å². The van der Waals surface area contributed by atoms with Gasteiger partial charge in [-0.3, -0.25) is 13.7 Å². The molecule has 0 spiro atoms. The zero-order chi connectivity index (χ0) is 95.9. The van der Waals surface area contributed by atoms with Gasteiger partial charge in [-0.2, -0.15) is 0 Å². The molecule has 6 heteroatoms. The maximum Gasteiger partial charge on any atom is 0.269 e. The fourth-order valence-electron chi connectivity index (χ4n) is 12.9. The average Bonchev–Trinajstić information content (AvgIpc) is 0.683. The van der Waals surface area contributed by atoms with Crippen molar-refractivity contribution in [2.45, 2.75) is 128 Å². The molecular weight excluding hydrogens is 1130 g/mol. The number of hydrogen-bond acceptors (Lipinski definition) is 2. The smallest absolute Gasteiger partial charge is 0.269 e. The molecule has 0 bridgehead atoms. The van der Waals surface area contributed by atoms with Crippen molar-refractivity contribution in [1.82, 2.24) is 14.1 Å². The minimum absolute atomic E-state index is 0.0343. The lowest BCUT2D eigenvalue weighted by atomic mass is 9.62. The Bertz CT molecular complexity index is 6390. The summed E-state index contributed by atoms with van der Waals surface area (Å²) in [6.45, 7) is -30.3. The van der Waals surface area contributed by atoms with Crippen LogP contribution in [0.1, 0.15) is 181 Å². The summed E-state index contributed by atoms with van der Waals surface area (Å²) in [4.78, 5) is 4.99. The van der Waals surface area contributed by atoms with Gasteiger partial charge in [0.25, 0.3) is 6.33 Å². The van der Waals surface area contributed by atoms with Gasteiger partial charge in [-0.25, -0.2) is 4.98 Å². The second kappa shape index (κ2) is 21.9. The van der Waals surface area contributed by atoms with Crippen LogP contribution >= 0.6 is 0 Å². The van der Waals surface area contributed by atoms with E-state index < -0.39 is 196 Å². The van der Waals surface area contributed by atoms with E-state index in [2.05, 4.69) is 69.6 Å². The fraction of sp³-hybridized carbons (Fsp3) is 0.233. The number of fused-ring (bicyclic) bond motifs is 6. The third-order valence-corrected chi connectivity index (χ3v) is 22.1. The first-order chi connectivity index (χ1) is 59.8. The zero-order valence-electron chi connectivity index (χ0n) is 87.9. The molecule has 5 nitrogen and oxygen atoms in total. The molecule has 0 amide bonds. The number of imidazole rings is 1. The summed E-state index contributed by atoms with van der Waals surface area (Å²) in [6, 6.07) is 50.3. The van der Waals surface area contributed by atoms with Crippen LogP contribution in [0.15, 0.2) is 249 Å². The van der Waals surface area contributed by atoms with Crippen LogP contribution in [0, 0.1) is 6.33 Å². The Balaban J connectivity index is 1.10. The monoisotopic (exact) mass is 1250 g/mol. The third-order valence-electron chi connectivity index (χ3n) is 17.3. The van der Waals surface area contributed by atoms with E-state index in [1.807, 2.05) is 102 Å². The minimum Gasteiger partial charge on any atom is -0.458 e. The van der Waals surface area contributed by atoms with E-state index >= 15 is 0 Å². The topological polar surface area (TPSA) is 35.9 Å². The molecule has 0 saturated carbocycles. The van der Waals surface area contributed by atoms with Crippen molar-refractivity contribution in [3.05, 3.63) is 283 Å². The molecule has 0 radical (unpaired) electrons. The van der Waals surface area contributed by atoms with Crippen LogP contribution in [-0.4, -0.2) is 22.2 Å². The van der Waals surface area contributed by atoms with Gasteiger partial charge in [-0.1, -0.05) is 270 Å². The summed E-state index contributed by atoms with van der Waals surface area (Å²) in [7, 11) is -3.71. The van der Waals surface area contributed by atoms with Gasteiger partial charge in [0.1, 0.15) is 17.3 Å². The molecule has 0 saturated heterocycles. The molecule has 456 valence electrons. The summed E-state index contributed by atoms with van der Waals surface area (Å²) in [6.07, 6.45) is -14.4. The number of aromatic nitrogens is 4. The van der Waals surface area contributed by atoms with Crippen LogP contribution in [0.25, 0.3) is 72.3 Å². The van der Waals surface area contributed by atoms with E-state index in [9.17, 15) is 35.6 Å². The van der Waals surface area contributed by atoms with Gasteiger partial charge >= 0.3 is 0 Å². The number of benzene rings is 10. The number of pyridine rings is 1. The van der Waals surface area contributed by atoms with Gasteiger partial charge in [-0.05, 0) is 166 Å². The van der Waals surface area contributed by atoms with Gasteiger partial charge in [0.05, 0.1) is 41.7 Å². The van der Waals surface area contributed by atoms with Crippen molar-refractivity contribution < 1.29 is 61.4 Å². The number of nitrogens with zero attached hydrogens (tertiary/aromatic N) is 4. The Morgan fingerprint density at radius 2 is 1.04 bits per heavy atom. The lowest BCUT2D eigenvalue weighted by Crippen LogP contribution is -2.74. The van der Waals surface area contributed by atoms with Crippen LogP contribution < -0.4 is 30.1 Å². The largest absolute Gasteiger partial charge is 0.458 e. The van der Waals surface area contributed by atoms with E-state index in [1.165, 1.54) is 28.8 Å². The highest BCUT2D eigenvalue weighted by atomic mass is 28.3. The van der Waals surface area contributed by atoms with Crippen molar-refractivity contribution >= 4 is 61.7 Å². The number of rotatable bonds is 11. The summed E-state index contributed by atoms with van der Waals surface area (Å²) < 4.78 is 370. The highest BCUT2D eigenvalue weighted by molar-refractivity contribution is 7.20. The van der Waals surface area contributed by atoms with Crippen LogP contribution in [-0.2, 0) is 27.1 Å². The molecule has 0 N–H and O–H groups in total. The molecule has 0 unspecified atom stereocenters. The molecular formula is C86H82N4OSi. The molecule has 3 heterocycles. The summed E-state index contributed by atoms with van der Waals surface area (Å²) in [5, 5.41) is 5.24. The van der Waals surface area contributed by atoms with Gasteiger partial charge in [0.15, 0.2) is 8.07 Å². The van der Waals surface area contributed by atoms with E-state index in [4.69, 9.17) is 26.2 Å². The van der Waals surface area contributed by atoms with Gasteiger partial charge in [-0.15, -0.1) is 0 Å². The molecule has 10 aromatic carbocycles.